The summed E-state index contributed by atoms with van der Waals surface area (Å²) < 4.78 is 19.3. The van der Waals surface area contributed by atoms with E-state index in [-0.39, 0.29) is 35.9 Å². The first-order chi connectivity index (χ1) is 10.5. The van der Waals surface area contributed by atoms with Crippen molar-refractivity contribution in [3.05, 3.63) is 35.6 Å². The van der Waals surface area contributed by atoms with Crippen LogP contribution in [0.15, 0.2) is 24.3 Å². The first-order valence-corrected chi connectivity index (χ1v) is 8.26. The lowest BCUT2D eigenvalue weighted by Crippen LogP contribution is -2.49. The van der Waals surface area contributed by atoms with Gasteiger partial charge in [0.1, 0.15) is 5.82 Å². The maximum atomic E-state index is 13.1. The maximum absolute atomic E-state index is 13.1. The number of carbonyl (C=O) groups is 1. The van der Waals surface area contributed by atoms with Crippen LogP contribution in [0.2, 0.25) is 0 Å². The van der Waals surface area contributed by atoms with Gasteiger partial charge in [0.2, 0.25) is 5.91 Å². The van der Waals surface area contributed by atoms with Gasteiger partial charge >= 0.3 is 0 Å². The molecule has 0 radical (unpaired) electrons. The molecule has 1 N–H and O–H groups in total. The molecule has 0 spiro atoms. The lowest BCUT2D eigenvalue weighted by atomic mass is 9.86. The van der Waals surface area contributed by atoms with Gasteiger partial charge in [0.25, 0.3) is 0 Å². The number of carbonyl (C=O) groups excluding carboxylic acids is 1. The van der Waals surface area contributed by atoms with E-state index in [1.54, 1.807) is 12.1 Å². The van der Waals surface area contributed by atoms with Crippen molar-refractivity contribution < 1.29 is 13.9 Å². The summed E-state index contributed by atoms with van der Waals surface area (Å²) in [5, 5.41) is 3.21. The van der Waals surface area contributed by atoms with Gasteiger partial charge in [0.15, 0.2) is 0 Å². The van der Waals surface area contributed by atoms with E-state index in [4.69, 9.17) is 4.74 Å². The molecule has 4 heteroatoms. The van der Waals surface area contributed by atoms with Crippen LogP contribution in [0.1, 0.15) is 51.2 Å². The molecule has 0 aromatic heterocycles. The molecule has 1 aromatic carbocycles. The molecule has 1 aliphatic heterocycles. The minimum atomic E-state index is -0.233. The van der Waals surface area contributed by atoms with Gasteiger partial charge in [-0.1, -0.05) is 32.4 Å². The Kier molecular flexibility index (Phi) is 4.48. The van der Waals surface area contributed by atoms with Crippen molar-refractivity contribution in [3.8, 4) is 0 Å². The molecular weight excluding hydrogens is 281 g/mol. The van der Waals surface area contributed by atoms with Crippen LogP contribution in [-0.4, -0.2) is 18.1 Å². The summed E-state index contributed by atoms with van der Waals surface area (Å²) >= 11 is 0. The molecule has 1 saturated heterocycles. The minimum absolute atomic E-state index is 0.00744. The van der Waals surface area contributed by atoms with Crippen molar-refractivity contribution in [1.29, 1.82) is 0 Å². The predicted molar refractivity (Wildman–Crippen MR) is 82.7 cm³/mol. The topological polar surface area (TPSA) is 38.3 Å². The third kappa shape index (κ3) is 3.17. The van der Waals surface area contributed by atoms with Crippen molar-refractivity contribution in [2.24, 2.45) is 11.8 Å². The Morgan fingerprint density at radius 1 is 1.27 bits per heavy atom. The summed E-state index contributed by atoms with van der Waals surface area (Å²) in [7, 11) is 0. The summed E-state index contributed by atoms with van der Waals surface area (Å²) in [4.78, 5) is 12.1. The summed E-state index contributed by atoms with van der Waals surface area (Å²) in [5.74, 6) is 0.282. The number of rotatable bonds is 3. The molecular formula is C18H24FNO2. The molecule has 4 atom stereocenters. The third-order valence-corrected chi connectivity index (χ3v) is 4.92. The Balaban J connectivity index is 1.76. The first-order valence-electron chi connectivity index (χ1n) is 8.26. The average Bonchev–Trinajstić information content (AvgIpc) is 2.96. The number of hydrogen-bond donors (Lipinski definition) is 1. The zero-order chi connectivity index (χ0) is 15.7. The van der Waals surface area contributed by atoms with Gasteiger partial charge in [-0.2, -0.15) is 0 Å². The van der Waals surface area contributed by atoms with Crippen LogP contribution >= 0.6 is 0 Å². The fraction of sp³-hybridized carbons (Fsp3) is 0.611. The molecule has 2 fully saturated rings. The lowest BCUT2D eigenvalue weighted by molar-refractivity contribution is -0.129. The molecule has 3 nitrogen and oxygen atoms in total. The molecule has 2 aliphatic rings. The molecule has 22 heavy (non-hydrogen) atoms. The van der Waals surface area contributed by atoms with Gasteiger partial charge in [-0.05, 0) is 37.0 Å². The Morgan fingerprint density at radius 2 is 2.00 bits per heavy atom. The zero-order valence-corrected chi connectivity index (χ0v) is 13.2. The number of halogens is 1. The molecule has 1 heterocycles. The molecule has 1 aliphatic carbocycles. The van der Waals surface area contributed by atoms with Crippen molar-refractivity contribution in [1.82, 2.24) is 5.32 Å². The van der Waals surface area contributed by atoms with Crippen LogP contribution in [0.4, 0.5) is 4.39 Å². The van der Waals surface area contributed by atoms with Gasteiger partial charge in [-0.3, -0.25) is 4.79 Å². The number of fused-ring (bicyclic) bond motifs is 1. The van der Waals surface area contributed by atoms with Crippen molar-refractivity contribution in [2.75, 3.05) is 0 Å². The summed E-state index contributed by atoms with van der Waals surface area (Å²) in [5.41, 5.74) is 0.996. The van der Waals surface area contributed by atoms with Crippen LogP contribution in [0, 0.1) is 17.7 Å². The van der Waals surface area contributed by atoms with E-state index in [0.717, 1.165) is 31.2 Å². The Hall–Kier alpha value is -1.42. The number of nitrogens with one attached hydrogen (secondary N) is 1. The normalized spacial score (nSPS) is 31.1. The molecule has 3 rings (SSSR count). The fourth-order valence-electron chi connectivity index (χ4n) is 3.66. The van der Waals surface area contributed by atoms with Crippen LogP contribution < -0.4 is 5.32 Å². The van der Waals surface area contributed by atoms with E-state index in [1.165, 1.54) is 12.1 Å². The van der Waals surface area contributed by atoms with Crippen LogP contribution in [0.25, 0.3) is 0 Å². The van der Waals surface area contributed by atoms with Gasteiger partial charge in [0.05, 0.1) is 12.2 Å². The van der Waals surface area contributed by atoms with E-state index >= 15 is 0 Å². The van der Waals surface area contributed by atoms with Crippen LogP contribution in [-0.2, 0) is 9.53 Å². The standard InChI is InChI=1S/C18H24FNO2/c1-11(2)18(21)20-15-10-17(12-6-8-13(19)9-7-12)22-16-5-3-4-14(15)16/h6-9,11,14-17H,3-5,10H2,1-2H3,(H,20,21)/t14-,15+,16+,17+/m0/s1. The van der Waals surface area contributed by atoms with Crippen molar-refractivity contribution >= 4 is 5.91 Å². The quantitative estimate of drug-likeness (QED) is 0.926. The average molecular weight is 305 g/mol. The second kappa shape index (κ2) is 6.37. The predicted octanol–water partition coefficient (Wildman–Crippen LogP) is 3.60. The maximum Gasteiger partial charge on any atom is 0.222 e. The highest BCUT2D eigenvalue weighted by Crippen LogP contribution is 2.42. The smallest absolute Gasteiger partial charge is 0.222 e. The van der Waals surface area contributed by atoms with E-state index in [1.807, 2.05) is 13.8 Å². The van der Waals surface area contributed by atoms with Gasteiger partial charge in [-0.25, -0.2) is 4.39 Å². The molecule has 1 saturated carbocycles. The fourth-order valence-corrected chi connectivity index (χ4v) is 3.66. The van der Waals surface area contributed by atoms with Crippen LogP contribution in [0.5, 0.6) is 0 Å². The number of ether oxygens (including phenoxy) is 1. The Labute approximate surface area is 131 Å². The SMILES string of the molecule is CC(C)C(=O)N[C@@H]1C[C@H](c2ccc(F)cc2)O[C@@H]2CCC[C@@H]12. The Bertz CT molecular complexity index is 528. The highest BCUT2D eigenvalue weighted by molar-refractivity contribution is 5.78. The molecule has 1 aromatic rings. The van der Waals surface area contributed by atoms with E-state index in [2.05, 4.69) is 5.32 Å². The van der Waals surface area contributed by atoms with Gasteiger partial charge in [0, 0.05) is 17.9 Å². The van der Waals surface area contributed by atoms with Crippen molar-refractivity contribution in [3.63, 3.8) is 0 Å². The summed E-state index contributed by atoms with van der Waals surface area (Å²) in [6.45, 7) is 3.83. The Morgan fingerprint density at radius 3 is 2.68 bits per heavy atom. The lowest BCUT2D eigenvalue weighted by Gasteiger charge is -2.39. The monoisotopic (exact) mass is 305 g/mol. The first kappa shape index (κ1) is 15.5. The van der Waals surface area contributed by atoms with Crippen LogP contribution in [0.3, 0.4) is 0 Å². The highest BCUT2D eigenvalue weighted by Gasteiger charge is 2.42. The summed E-state index contributed by atoms with van der Waals surface area (Å²) in [6, 6.07) is 6.68. The molecule has 1 amide bonds. The summed E-state index contributed by atoms with van der Waals surface area (Å²) in [6.07, 6.45) is 4.24. The minimum Gasteiger partial charge on any atom is -0.370 e. The number of benzene rings is 1. The zero-order valence-electron chi connectivity index (χ0n) is 13.2. The van der Waals surface area contributed by atoms with E-state index < -0.39 is 0 Å². The van der Waals surface area contributed by atoms with E-state index in [0.29, 0.717) is 5.92 Å². The number of amides is 1. The molecule has 120 valence electrons. The molecule has 0 unspecified atom stereocenters. The highest BCUT2D eigenvalue weighted by atomic mass is 19.1. The van der Waals surface area contributed by atoms with Gasteiger partial charge < -0.3 is 10.1 Å². The van der Waals surface area contributed by atoms with E-state index in [9.17, 15) is 9.18 Å². The third-order valence-electron chi connectivity index (χ3n) is 4.92. The van der Waals surface area contributed by atoms with Gasteiger partial charge in [-0.15, -0.1) is 0 Å². The second-order valence-electron chi connectivity index (χ2n) is 6.81. The van der Waals surface area contributed by atoms with Crippen molar-refractivity contribution in [2.45, 2.75) is 57.8 Å². The second-order valence-corrected chi connectivity index (χ2v) is 6.81. The molecule has 0 bridgehead atoms. The number of hydrogen-bond acceptors (Lipinski definition) is 2. The largest absolute Gasteiger partial charge is 0.370 e.